The van der Waals surface area contributed by atoms with Crippen LogP contribution in [0.2, 0.25) is 0 Å². The minimum Gasteiger partial charge on any atom is -0.390 e. The minimum absolute atomic E-state index is 0.0397. The highest BCUT2D eigenvalue weighted by molar-refractivity contribution is 5.81. The molecule has 1 atom stereocenters. The fourth-order valence-corrected chi connectivity index (χ4v) is 10.7. The van der Waals surface area contributed by atoms with Gasteiger partial charge in [0.1, 0.15) is 0 Å². The first-order chi connectivity index (χ1) is 36.0. The highest BCUT2D eigenvalue weighted by atomic mass is 16.3. The molecule has 0 heterocycles. The van der Waals surface area contributed by atoms with Crippen LogP contribution in [0, 0.1) is 0 Å². The number of amides is 2. The highest BCUT2D eigenvalue weighted by Crippen LogP contribution is 2.16. The van der Waals surface area contributed by atoms with Gasteiger partial charge in [-0.15, -0.1) is 0 Å². The third-order valence-electron chi connectivity index (χ3n) is 15.5. The Hall–Kier alpha value is -1.22. The molecule has 0 aliphatic rings. The van der Waals surface area contributed by atoms with Gasteiger partial charge in [-0.25, -0.2) is 0 Å². The van der Waals surface area contributed by atoms with E-state index in [1.165, 1.54) is 263 Å². The van der Waals surface area contributed by atoms with Crippen molar-refractivity contribution in [2.24, 2.45) is 0 Å². The predicted molar refractivity (Wildman–Crippen MR) is 322 cm³/mol. The molecule has 436 valence electrons. The number of aliphatic hydroxyl groups is 1. The summed E-state index contributed by atoms with van der Waals surface area (Å²) in [7, 11) is 0. The van der Waals surface area contributed by atoms with E-state index in [-0.39, 0.29) is 24.9 Å². The van der Waals surface area contributed by atoms with Crippen molar-refractivity contribution in [2.75, 3.05) is 65.4 Å². The number of aliphatic hydroxyl groups excluding tert-OH is 1. The largest absolute Gasteiger partial charge is 0.390 e. The average molecular weight is 1030 g/mol. The molecule has 0 bridgehead atoms. The summed E-state index contributed by atoms with van der Waals surface area (Å²) in [6, 6.07) is 0. The van der Waals surface area contributed by atoms with Crippen molar-refractivity contribution in [2.45, 2.75) is 342 Å². The quantitative estimate of drug-likeness (QED) is 0.0453. The van der Waals surface area contributed by atoms with E-state index >= 15 is 0 Å². The van der Waals surface area contributed by atoms with Gasteiger partial charge in [0.2, 0.25) is 11.8 Å². The normalized spacial score (nSPS) is 12.2. The molecule has 0 aliphatic carbocycles. The lowest BCUT2D eigenvalue weighted by atomic mass is 10.1. The molecular formula is C65H133N5O3. The van der Waals surface area contributed by atoms with Gasteiger partial charge in [0, 0.05) is 26.2 Å². The Balaban J connectivity index is 5.06. The van der Waals surface area contributed by atoms with E-state index in [1.54, 1.807) is 0 Å². The molecular weight excluding hydrogens is 899 g/mol. The molecule has 2 amide bonds. The van der Waals surface area contributed by atoms with E-state index in [1.807, 2.05) is 4.90 Å². The van der Waals surface area contributed by atoms with Gasteiger partial charge in [0.25, 0.3) is 0 Å². The summed E-state index contributed by atoms with van der Waals surface area (Å²) in [4.78, 5) is 31.0. The van der Waals surface area contributed by atoms with Gasteiger partial charge in [0.15, 0.2) is 0 Å². The van der Waals surface area contributed by atoms with E-state index < -0.39 is 6.10 Å². The molecule has 0 aromatic rings. The average Bonchev–Trinajstić information content (AvgIpc) is 3.38. The molecule has 0 saturated carbocycles. The second kappa shape index (κ2) is 61.6. The molecule has 0 saturated heterocycles. The first-order valence-corrected chi connectivity index (χ1v) is 33.3. The lowest BCUT2D eigenvalue weighted by Crippen LogP contribution is -2.48. The Bertz CT molecular complexity index is 1080. The van der Waals surface area contributed by atoms with Crippen LogP contribution < -0.4 is 16.0 Å². The van der Waals surface area contributed by atoms with Crippen molar-refractivity contribution in [3.8, 4) is 0 Å². The van der Waals surface area contributed by atoms with Gasteiger partial charge >= 0.3 is 0 Å². The van der Waals surface area contributed by atoms with Crippen molar-refractivity contribution < 1.29 is 14.7 Å². The number of nitrogens with one attached hydrogen (secondary N) is 3. The zero-order valence-corrected chi connectivity index (χ0v) is 50.2. The number of nitrogens with zero attached hydrogens (tertiary/aromatic N) is 2. The Morgan fingerprint density at radius 2 is 0.521 bits per heavy atom. The van der Waals surface area contributed by atoms with Crippen molar-refractivity contribution in [1.82, 2.24) is 25.8 Å². The summed E-state index contributed by atoms with van der Waals surface area (Å²) in [6.07, 6.45) is 62.7. The smallest absolute Gasteiger partial charge is 0.234 e. The molecule has 0 aromatic carbocycles. The number of hydrogen-bond donors (Lipinski definition) is 4. The maximum Gasteiger partial charge on any atom is 0.234 e. The Kier molecular flexibility index (Phi) is 60.6. The number of carbonyl (C=O) groups is 2. The zero-order valence-electron chi connectivity index (χ0n) is 50.2. The van der Waals surface area contributed by atoms with Crippen LogP contribution >= 0.6 is 0 Å². The summed E-state index contributed by atoms with van der Waals surface area (Å²) in [5.74, 6) is -0.0802. The van der Waals surface area contributed by atoms with Crippen LogP contribution in [0.5, 0.6) is 0 Å². The maximum atomic E-state index is 13.3. The summed E-state index contributed by atoms with van der Waals surface area (Å²) in [5.41, 5.74) is 0. The lowest BCUT2D eigenvalue weighted by Gasteiger charge is -2.29. The number of carbonyl (C=O) groups excluding carboxylic acids is 2. The van der Waals surface area contributed by atoms with Crippen molar-refractivity contribution >= 4 is 11.8 Å². The molecule has 8 nitrogen and oxygen atoms in total. The van der Waals surface area contributed by atoms with Crippen LogP contribution in [0.25, 0.3) is 0 Å². The van der Waals surface area contributed by atoms with E-state index in [9.17, 15) is 14.7 Å². The van der Waals surface area contributed by atoms with Crippen molar-refractivity contribution in [3.05, 3.63) is 0 Å². The first kappa shape index (κ1) is 71.8. The SMILES string of the molecule is CCCCCCCCCCCCCCNCCCCN(CCCCCCCCCCCCCC)CC(O)CN(CC(=O)NCCCCCCCCCCCC)CC(=O)NCCCCCCCCCCCCCC. The lowest BCUT2D eigenvalue weighted by molar-refractivity contribution is -0.125. The zero-order chi connectivity index (χ0) is 53.0. The third kappa shape index (κ3) is 58.3. The molecule has 73 heavy (non-hydrogen) atoms. The van der Waals surface area contributed by atoms with Crippen LogP contribution in [-0.4, -0.2) is 98.3 Å². The van der Waals surface area contributed by atoms with Crippen molar-refractivity contribution in [3.63, 3.8) is 0 Å². The molecule has 0 aromatic heterocycles. The van der Waals surface area contributed by atoms with Crippen molar-refractivity contribution in [1.29, 1.82) is 0 Å². The number of rotatable bonds is 63. The van der Waals surface area contributed by atoms with Gasteiger partial charge in [-0.2, -0.15) is 0 Å². The summed E-state index contributed by atoms with van der Waals surface area (Å²) >= 11 is 0. The number of unbranched alkanes of at least 4 members (excludes halogenated alkanes) is 43. The van der Waals surface area contributed by atoms with Gasteiger partial charge in [-0.05, 0) is 64.7 Å². The van der Waals surface area contributed by atoms with E-state index in [2.05, 4.69) is 48.5 Å². The van der Waals surface area contributed by atoms with Crippen LogP contribution in [0.4, 0.5) is 0 Å². The first-order valence-electron chi connectivity index (χ1n) is 33.3. The third-order valence-corrected chi connectivity index (χ3v) is 15.5. The van der Waals surface area contributed by atoms with Gasteiger partial charge in [-0.1, -0.05) is 297 Å². The summed E-state index contributed by atoms with van der Waals surface area (Å²) in [5, 5.41) is 21.7. The second-order valence-electron chi connectivity index (χ2n) is 23.1. The van der Waals surface area contributed by atoms with E-state index in [4.69, 9.17) is 0 Å². The number of hydrogen-bond acceptors (Lipinski definition) is 6. The molecule has 0 fully saturated rings. The van der Waals surface area contributed by atoms with Crippen LogP contribution in [0.1, 0.15) is 336 Å². The van der Waals surface area contributed by atoms with Gasteiger partial charge in [0.05, 0.1) is 19.2 Å². The van der Waals surface area contributed by atoms with Gasteiger partial charge in [-0.3, -0.25) is 14.5 Å². The van der Waals surface area contributed by atoms with Crippen LogP contribution in [0.3, 0.4) is 0 Å². The van der Waals surface area contributed by atoms with E-state index in [0.29, 0.717) is 26.2 Å². The van der Waals surface area contributed by atoms with Gasteiger partial charge < -0.3 is 26.0 Å². The molecule has 1 unspecified atom stereocenters. The highest BCUT2D eigenvalue weighted by Gasteiger charge is 2.20. The standard InChI is InChI=1S/C65H133N5O3/c1-5-9-13-17-21-25-29-32-35-39-43-47-53-66-54-50-52-58-69(57-51-46-42-38-34-31-27-23-19-15-11-7-3)59-63(71)60-70(61-64(72)67-55-48-44-40-36-28-24-20-16-12-8-4)62-65(73)68-56-49-45-41-37-33-30-26-22-18-14-10-6-2/h63,66,71H,5-62H2,1-4H3,(H,67,72)(H,68,73). The molecule has 4 N–H and O–H groups in total. The van der Waals surface area contributed by atoms with E-state index in [0.717, 1.165) is 71.1 Å². The monoisotopic (exact) mass is 1030 g/mol. The maximum absolute atomic E-state index is 13.3. The van der Waals surface area contributed by atoms with Crippen LogP contribution in [0.15, 0.2) is 0 Å². The molecule has 0 radical (unpaired) electrons. The second-order valence-corrected chi connectivity index (χ2v) is 23.1. The fraction of sp³-hybridized carbons (Fsp3) is 0.969. The fourth-order valence-electron chi connectivity index (χ4n) is 10.7. The summed E-state index contributed by atoms with van der Waals surface area (Å²) in [6.45, 7) is 15.9. The topological polar surface area (TPSA) is 96.9 Å². The Morgan fingerprint density at radius 3 is 0.822 bits per heavy atom. The molecule has 0 aliphatic heterocycles. The Morgan fingerprint density at radius 1 is 0.301 bits per heavy atom. The molecule has 0 spiro atoms. The summed E-state index contributed by atoms with van der Waals surface area (Å²) < 4.78 is 0. The van der Waals surface area contributed by atoms with Crippen LogP contribution in [-0.2, 0) is 9.59 Å². The Labute approximate surface area is 457 Å². The minimum atomic E-state index is -0.625. The molecule has 0 rings (SSSR count). The molecule has 8 heteroatoms. The predicted octanol–water partition coefficient (Wildman–Crippen LogP) is 17.6.